The fourth-order valence-corrected chi connectivity index (χ4v) is 5.01. The summed E-state index contributed by atoms with van der Waals surface area (Å²) in [6.45, 7) is 5.31. The molecule has 0 saturated carbocycles. The Morgan fingerprint density at radius 3 is 1.94 bits per heavy atom. The molecular formula is C35H44FN4O8Tb-. The van der Waals surface area contributed by atoms with Crippen LogP contribution in [0.2, 0.25) is 0 Å². The predicted molar refractivity (Wildman–Crippen MR) is 175 cm³/mol. The first-order chi connectivity index (χ1) is 23.5. The number of likely N-dealkylation sites (tertiary alicyclic amines) is 1. The largest absolute Gasteiger partial charge is 0.528 e. The van der Waals surface area contributed by atoms with Crippen LogP contribution in [0.1, 0.15) is 23.5 Å². The van der Waals surface area contributed by atoms with E-state index in [0.29, 0.717) is 97.7 Å². The molecule has 1 aliphatic rings. The van der Waals surface area contributed by atoms with Gasteiger partial charge in [0.2, 0.25) is 5.91 Å². The van der Waals surface area contributed by atoms with Gasteiger partial charge in [-0.25, -0.2) is 4.39 Å². The Balaban J connectivity index is 0.00000833. The molecule has 0 aromatic heterocycles. The van der Waals surface area contributed by atoms with Crippen molar-refractivity contribution in [1.29, 1.82) is 5.26 Å². The standard InChI is InChI=1S/C35H44FN4O8.Tb/c36-33-8-6-28(7-9-33)22-30(24-37)35(43)40-25-31(29-4-2-1-3-5-29)23-32(26-40)34(42)39-11-13-45-15-17-47-19-21-48-20-18-46-16-14-44-12-10-38-27-41;/h1-9,22,31-32H,10-21,23,25-26H2,(H,38,41)(H,39,42);/q-1;/b30-22+;. The Labute approximate surface area is 318 Å². The summed E-state index contributed by atoms with van der Waals surface area (Å²) in [4.78, 5) is 38.2. The SMILES string of the molecule is N#C/C(=C\c1ccc(F)cc1)C(=O)N1CC(C(=O)NCCOCCOCCOCCOCCOCCN[C-]=O)CC(c2ccccc2)C1.[Tb]. The molecule has 3 amide bonds. The second kappa shape index (κ2) is 26.0. The summed E-state index contributed by atoms with van der Waals surface area (Å²) in [5, 5.41) is 15.1. The summed E-state index contributed by atoms with van der Waals surface area (Å²) in [6, 6.07) is 17.2. The Hall–Kier alpha value is -2.90. The van der Waals surface area contributed by atoms with Crippen LogP contribution in [0.5, 0.6) is 0 Å². The van der Waals surface area contributed by atoms with Crippen LogP contribution in [0.3, 0.4) is 0 Å². The number of carbonyl (C=O) groups excluding carboxylic acids is 3. The molecule has 0 spiro atoms. The number of piperidine rings is 1. The summed E-state index contributed by atoms with van der Waals surface area (Å²) in [5.74, 6) is -1.63. The van der Waals surface area contributed by atoms with E-state index >= 15 is 0 Å². The van der Waals surface area contributed by atoms with E-state index in [2.05, 4.69) is 10.6 Å². The third-order valence-electron chi connectivity index (χ3n) is 7.39. The first-order valence-corrected chi connectivity index (χ1v) is 16.0. The molecule has 1 radical (unpaired) electrons. The maximum Gasteiger partial charge on any atom is 0.264 e. The van der Waals surface area contributed by atoms with E-state index in [-0.39, 0.29) is 62.6 Å². The second-order valence-corrected chi connectivity index (χ2v) is 10.9. The van der Waals surface area contributed by atoms with Crippen molar-refractivity contribution in [2.75, 3.05) is 92.2 Å². The van der Waals surface area contributed by atoms with Crippen molar-refractivity contribution in [3.8, 4) is 6.07 Å². The zero-order valence-electron chi connectivity index (χ0n) is 27.4. The molecule has 1 aliphatic heterocycles. The molecule has 2 aromatic carbocycles. The van der Waals surface area contributed by atoms with Crippen molar-refractivity contribution in [3.05, 3.63) is 77.1 Å². The molecular weight excluding hydrogens is 782 g/mol. The molecule has 269 valence electrons. The topological polar surface area (TPSA) is 148 Å². The molecule has 1 fully saturated rings. The molecule has 1 saturated heterocycles. The van der Waals surface area contributed by atoms with Crippen LogP contribution in [0.25, 0.3) is 6.08 Å². The van der Waals surface area contributed by atoms with E-state index in [0.717, 1.165) is 5.56 Å². The molecule has 1 heterocycles. The van der Waals surface area contributed by atoms with Crippen LogP contribution in [0.4, 0.5) is 4.39 Å². The van der Waals surface area contributed by atoms with Crippen molar-refractivity contribution in [2.45, 2.75) is 12.3 Å². The molecule has 2 unspecified atom stereocenters. The van der Waals surface area contributed by atoms with Gasteiger partial charge in [-0.05, 0) is 35.8 Å². The molecule has 2 atom stereocenters. The zero-order valence-corrected chi connectivity index (χ0v) is 29.5. The quantitative estimate of drug-likeness (QED) is 0.0566. The van der Waals surface area contributed by atoms with Gasteiger partial charge in [-0.1, -0.05) is 42.5 Å². The third-order valence-corrected chi connectivity index (χ3v) is 7.39. The normalized spacial score (nSPS) is 15.9. The Kier molecular flexibility index (Phi) is 22.4. The van der Waals surface area contributed by atoms with Crippen LogP contribution < -0.4 is 10.6 Å². The minimum atomic E-state index is -0.476. The maximum absolute atomic E-state index is 13.5. The zero-order chi connectivity index (χ0) is 34.2. The average molecular weight is 827 g/mol. The number of rotatable bonds is 23. The molecule has 0 bridgehead atoms. The fourth-order valence-electron chi connectivity index (χ4n) is 5.01. The molecule has 2 N–H and O–H groups in total. The van der Waals surface area contributed by atoms with Crippen molar-refractivity contribution in [2.24, 2.45) is 5.92 Å². The van der Waals surface area contributed by atoms with E-state index < -0.39 is 17.6 Å². The summed E-state index contributed by atoms with van der Waals surface area (Å²) < 4.78 is 40.5. The van der Waals surface area contributed by atoms with Crippen molar-refractivity contribution in [3.63, 3.8) is 0 Å². The summed E-state index contributed by atoms with van der Waals surface area (Å²) >= 11 is 0. The molecule has 49 heavy (non-hydrogen) atoms. The number of nitrogens with one attached hydrogen (secondary N) is 2. The number of benzene rings is 2. The van der Waals surface area contributed by atoms with Gasteiger partial charge < -0.3 is 44.0 Å². The summed E-state index contributed by atoms with van der Waals surface area (Å²) in [6.07, 6.45) is 3.57. The number of hydrogen-bond donors (Lipinski definition) is 2. The Bertz CT molecular complexity index is 1310. The minimum absolute atomic E-state index is 0. The van der Waals surface area contributed by atoms with Gasteiger partial charge >= 0.3 is 0 Å². The van der Waals surface area contributed by atoms with Crippen molar-refractivity contribution >= 4 is 24.3 Å². The molecule has 3 rings (SSSR count). The Morgan fingerprint density at radius 2 is 1.39 bits per heavy atom. The minimum Gasteiger partial charge on any atom is -0.528 e. The fraction of sp³-hybridized carbons (Fsp3) is 0.486. The van der Waals surface area contributed by atoms with Crippen molar-refractivity contribution < 1.29 is 81.1 Å². The van der Waals surface area contributed by atoms with E-state index in [4.69, 9.17) is 23.7 Å². The van der Waals surface area contributed by atoms with Crippen LogP contribution in [-0.4, -0.2) is 115 Å². The number of hydrogen-bond acceptors (Lipinski definition) is 9. The van der Waals surface area contributed by atoms with Crippen molar-refractivity contribution in [1.82, 2.24) is 15.5 Å². The number of amides is 3. The molecule has 14 heteroatoms. The van der Waals surface area contributed by atoms with E-state index in [9.17, 15) is 24.0 Å². The van der Waals surface area contributed by atoms with Crippen LogP contribution in [0, 0.1) is 61.7 Å². The molecule has 0 aliphatic carbocycles. The number of halogens is 1. The van der Waals surface area contributed by atoms with Gasteiger partial charge in [0.25, 0.3) is 5.91 Å². The number of nitrogens with zero attached hydrogens (tertiary/aromatic N) is 2. The number of nitriles is 1. The van der Waals surface area contributed by atoms with Gasteiger partial charge in [-0.3, -0.25) is 9.59 Å². The summed E-state index contributed by atoms with van der Waals surface area (Å²) in [5.41, 5.74) is 1.47. The van der Waals surface area contributed by atoms with Gasteiger partial charge in [0.15, 0.2) is 0 Å². The number of ether oxygens (including phenoxy) is 5. The Morgan fingerprint density at radius 1 is 0.837 bits per heavy atom. The first kappa shape index (κ1) is 42.3. The maximum atomic E-state index is 13.5. The van der Waals surface area contributed by atoms with Crippen LogP contribution in [0.15, 0.2) is 60.2 Å². The van der Waals surface area contributed by atoms with Crippen LogP contribution >= 0.6 is 0 Å². The number of carbonyl (C=O) groups is 2. The summed E-state index contributed by atoms with van der Waals surface area (Å²) in [7, 11) is 0. The van der Waals surface area contributed by atoms with Gasteiger partial charge in [0.1, 0.15) is 17.5 Å². The van der Waals surface area contributed by atoms with E-state index in [1.165, 1.54) is 30.3 Å². The molecule has 2 aromatic rings. The third kappa shape index (κ3) is 17.0. The first-order valence-electron chi connectivity index (χ1n) is 16.0. The van der Waals surface area contributed by atoms with Gasteiger partial charge in [0, 0.05) is 70.7 Å². The average Bonchev–Trinajstić information content (AvgIpc) is 3.12. The van der Waals surface area contributed by atoms with Gasteiger partial charge in [-0.2, -0.15) is 11.7 Å². The molecule has 12 nitrogen and oxygen atoms in total. The van der Waals surface area contributed by atoms with Gasteiger partial charge in [-0.15, -0.1) is 0 Å². The van der Waals surface area contributed by atoms with E-state index in [1.54, 1.807) is 11.3 Å². The van der Waals surface area contributed by atoms with Crippen LogP contribution in [-0.2, 0) is 38.1 Å². The monoisotopic (exact) mass is 826 g/mol. The van der Waals surface area contributed by atoms with E-state index in [1.807, 2.05) is 36.4 Å². The predicted octanol–water partition coefficient (Wildman–Crippen LogP) is 2.22. The second-order valence-electron chi connectivity index (χ2n) is 10.9. The van der Waals surface area contributed by atoms with Gasteiger partial charge in [0.05, 0.1) is 72.0 Å². The smallest absolute Gasteiger partial charge is 0.264 e.